The van der Waals surface area contributed by atoms with Gasteiger partial charge in [-0.05, 0) is 38.8 Å². The van der Waals surface area contributed by atoms with Crippen LogP contribution in [0.3, 0.4) is 0 Å². The van der Waals surface area contributed by atoms with Gasteiger partial charge in [0, 0.05) is 18.6 Å². The first-order valence-corrected chi connectivity index (χ1v) is 13.1. The van der Waals surface area contributed by atoms with Crippen LogP contribution in [0.4, 0.5) is 14.5 Å². The van der Waals surface area contributed by atoms with E-state index in [1.807, 2.05) is 18.7 Å². The predicted octanol–water partition coefficient (Wildman–Crippen LogP) is 2.23. The number of aromatic nitrogens is 4. The quantitative estimate of drug-likeness (QED) is 0.492. The molecular formula is C20H24F2N6O4S2. The monoisotopic (exact) mass is 514 g/mol. The average molecular weight is 515 g/mol. The summed E-state index contributed by atoms with van der Waals surface area (Å²) in [6.45, 7) is 4.33. The van der Waals surface area contributed by atoms with Crippen LogP contribution in [0.1, 0.15) is 38.1 Å². The fraction of sp³-hybridized carbons (Fsp3) is 0.550. The number of alkyl halides is 2. The Morgan fingerprint density at radius 3 is 2.74 bits per heavy atom. The van der Waals surface area contributed by atoms with Crippen molar-refractivity contribution in [3.63, 3.8) is 0 Å². The molecule has 10 nitrogen and oxygen atoms in total. The number of fused-ring (bicyclic) bond motifs is 1. The van der Waals surface area contributed by atoms with E-state index in [0.717, 1.165) is 12.8 Å². The number of hydrogen-bond donors (Lipinski definition) is 2. The van der Waals surface area contributed by atoms with Crippen molar-refractivity contribution in [1.82, 2.24) is 24.5 Å². The van der Waals surface area contributed by atoms with Gasteiger partial charge in [-0.1, -0.05) is 11.3 Å². The van der Waals surface area contributed by atoms with E-state index >= 15 is 0 Å². The molecule has 1 saturated carbocycles. The molecule has 1 aromatic carbocycles. The number of halogens is 2. The molecule has 2 fully saturated rings. The minimum Gasteiger partial charge on any atom is -0.394 e. The zero-order chi connectivity index (χ0) is 24.3. The van der Waals surface area contributed by atoms with Gasteiger partial charge in [0.15, 0.2) is 5.01 Å². The summed E-state index contributed by atoms with van der Waals surface area (Å²) in [6, 6.07) is 3.03. The summed E-state index contributed by atoms with van der Waals surface area (Å²) in [5.41, 5.74) is 0.950. The van der Waals surface area contributed by atoms with Crippen LogP contribution >= 0.6 is 11.3 Å². The van der Waals surface area contributed by atoms with Gasteiger partial charge in [-0.3, -0.25) is 4.57 Å². The van der Waals surface area contributed by atoms with Crippen molar-refractivity contribution in [1.29, 1.82) is 0 Å². The first kappa shape index (κ1) is 23.5. The van der Waals surface area contributed by atoms with Crippen molar-refractivity contribution in [3.05, 3.63) is 23.5 Å². The lowest BCUT2D eigenvalue weighted by atomic mass is 10.1. The molecular weight excluding hydrogens is 490 g/mol. The highest BCUT2D eigenvalue weighted by Gasteiger charge is 2.41. The molecule has 14 heteroatoms. The lowest BCUT2D eigenvalue weighted by Gasteiger charge is -2.37. The van der Waals surface area contributed by atoms with Crippen molar-refractivity contribution in [2.24, 2.45) is 0 Å². The molecule has 0 amide bonds. The maximum absolute atomic E-state index is 13.3. The zero-order valence-electron chi connectivity index (χ0n) is 18.5. The van der Waals surface area contributed by atoms with E-state index in [2.05, 4.69) is 19.9 Å². The highest BCUT2D eigenvalue weighted by atomic mass is 32.2. The minimum atomic E-state index is -3.88. The molecule has 0 spiro atoms. The molecule has 3 heterocycles. The maximum Gasteiger partial charge on any atom is 0.291 e. The number of ether oxygens (including phenoxy) is 1. The number of aliphatic hydroxyl groups excluding tert-OH is 1. The van der Waals surface area contributed by atoms with E-state index in [9.17, 15) is 22.3 Å². The van der Waals surface area contributed by atoms with Gasteiger partial charge in [0.25, 0.3) is 6.43 Å². The van der Waals surface area contributed by atoms with E-state index in [-0.39, 0.29) is 22.7 Å². The highest BCUT2D eigenvalue weighted by Crippen LogP contribution is 2.38. The summed E-state index contributed by atoms with van der Waals surface area (Å²) in [6.07, 6.45) is -0.492. The summed E-state index contributed by atoms with van der Waals surface area (Å²) in [5.74, 6) is 0. The molecule has 3 aromatic rings. The standard InChI is InChI=1S/C20H24F2N6O4S2/c1-11-7-27(8-12(9-29)32-11)14-5-13(34(30,31)26-20(2)3-4-20)6-15-16(14)23-10-28(15)19-25-24-18(33-19)17(21)22/h5-6,10-12,17,26,29H,3-4,7-9H2,1-2H3/t11-,12+/m1/s1. The Hall–Kier alpha value is -2.26. The number of aliphatic hydroxyl groups is 1. The lowest BCUT2D eigenvalue weighted by molar-refractivity contribution is -0.0420. The Morgan fingerprint density at radius 1 is 1.32 bits per heavy atom. The number of nitrogens with zero attached hydrogens (tertiary/aromatic N) is 5. The topological polar surface area (TPSA) is 122 Å². The number of nitrogens with one attached hydrogen (secondary N) is 1. The number of sulfonamides is 1. The largest absolute Gasteiger partial charge is 0.394 e. The molecule has 2 N–H and O–H groups in total. The number of rotatable bonds is 7. The Labute approximate surface area is 198 Å². The maximum atomic E-state index is 13.3. The van der Waals surface area contributed by atoms with Gasteiger partial charge in [-0.15, -0.1) is 10.2 Å². The highest BCUT2D eigenvalue weighted by molar-refractivity contribution is 7.89. The Bertz CT molecular complexity index is 1320. The van der Waals surface area contributed by atoms with Crippen molar-refractivity contribution in [2.45, 2.75) is 55.8 Å². The molecule has 34 heavy (non-hydrogen) atoms. The van der Waals surface area contributed by atoms with E-state index in [1.54, 1.807) is 6.07 Å². The Balaban J connectivity index is 1.66. The van der Waals surface area contributed by atoms with Crippen LogP contribution in [0.15, 0.2) is 23.4 Å². The predicted molar refractivity (Wildman–Crippen MR) is 121 cm³/mol. The number of anilines is 1. The van der Waals surface area contributed by atoms with Crippen LogP contribution in [0, 0.1) is 0 Å². The Kier molecular flexibility index (Phi) is 5.83. The van der Waals surface area contributed by atoms with Gasteiger partial charge in [-0.25, -0.2) is 26.9 Å². The number of benzene rings is 1. The van der Waals surface area contributed by atoms with Crippen LogP contribution in [0.2, 0.25) is 0 Å². The third kappa shape index (κ3) is 4.40. The second-order valence-electron chi connectivity index (χ2n) is 8.97. The third-order valence-electron chi connectivity index (χ3n) is 5.99. The van der Waals surface area contributed by atoms with Crippen molar-refractivity contribution < 1.29 is 27.0 Å². The second kappa shape index (κ2) is 8.45. The first-order chi connectivity index (χ1) is 16.1. The molecule has 5 rings (SSSR count). The first-order valence-electron chi connectivity index (χ1n) is 10.8. The minimum absolute atomic E-state index is 0.0307. The van der Waals surface area contributed by atoms with E-state index in [1.165, 1.54) is 17.0 Å². The fourth-order valence-electron chi connectivity index (χ4n) is 4.05. The van der Waals surface area contributed by atoms with E-state index < -0.39 is 33.1 Å². The van der Waals surface area contributed by atoms with Gasteiger partial charge in [-0.2, -0.15) is 0 Å². The molecule has 2 aromatic heterocycles. The summed E-state index contributed by atoms with van der Waals surface area (Å²) in [4.78, 5) is 6.42. The van der Waals surface area contributed by atoms with Gasteiger partial charge in [0.2, 0.25) is 15.2 Å². The van der Waals surface area contributed by atoms with Crippen molar-refractivity contribution in [3.8, 4) is 5.13 Å². The Morgan fingerprint density at radius 2 is 2.09 bits per heavy atom. The van der Waals surface area contributed by atoms with E-state index in [0.29, 0.717) is 41.1 Å². The SMILES string of the molecule is C[C@@H]1CN(c2cc(S(=O)(=O)NC3(C)CC3)cc3c2ncn3-c2nnc(C(F)F)s2)C[C@@H](CO)O1. The van der Waals surface area contributed by atoms with Crippen LogP contribution in [-0.4, -0.2) is 70.7 Å². The third-order valence-corrected chi connectivity index (χ3v) is 8.54. The summed E-state index contributed by atoms with van der Waals surface area (Å²) in [7, 11) is -3.88. The van der Waals surface area contributed by atoms with Crippen molar-refractivity contribution >= 4 is 38.1 Å². The molecule has 0 unspecified atom stereocenters. The van der Waals surface area contributed by atoms with Gasteiger partial charge in [0.1, 0.15) is 11.8 Å². The zero-order valence-corrected chi connectivity index (χ0v) is 20.1. The molecule has 1 saturated heterocycles. The van der Waals surface area contributed by atoms with Crippen LogP contribution in [0.25, 0.3) is 16.2 Å². The molecule has 0 radical (unpaired) electrons. The summed E-state index contributed by atoms with van der Waals surface area (Å²) < 4.78 is 62.7. The van der Waals surface area contributed by atoms with Gasteiger partial charge in [0.05, 0.1) is 34.9 Å². The second-order valence-corrected chi connectivity index (χ2v) is 11.6. The lowest BCUT2D eigenvalue weighted by Crippen LogP contribution is -2.48. The van der Waals surface area contributed by atoms with Crippen LogP contribution in [0.5, 0.6) is 0 Å². The summed E-state index contributed by atoms with van der Waals surface area (Å²) in [5, 5.41) is 16.8. The number of morpholine rings is 1. The van der Waals surface area contributed by atoms with E-state index in [4.69, 9.17) is 4.74 Å². The molecule has 2 atom stereocenters. The van der Waals surface area contributed by atoms with Gasteiger partial charge >= 0.3 is 0 Å². The van der Waals surface area contributed by atoms with Gasteiger partial charge < -0.3 is 14.7 Å². The fourth-order valence-corrected chi connectivity index (χ4v) is 6.24. The van der Waals surface area contributed by atoms with Crippen LogP contribution in [-0.2, 0) is 14.8 Å². The normalized spacial score (nSPS) is 22.6. The van der Waals surface area contributed by atoms with Crippen molar-refractivity contribution in [2.75, 3.05) is 24.6 Å². The smallest absolute Gasteiger partial charge is 0.291 e. The molecule has 2 aliphatic rings. The number of imidazole rings is 1. The average Bonchev–Trinajstić information content (AvgIpc) is 3.18. The number of hydrogen-bond acceptors (Lipinski definition) is 9. The molecule has 0 bridgehead atoms. The molecule has 1 aliphatic heterocycles. The molecule has 184 valence electrons. The summed E-state index contributed by atoms with van der Waals surface area (Å²) >= 11 is 0.712. The van der Waals surface area contributed by atoms with Crippen LogP contribution < -0.4 is 9.62 Å². The molecule has 1 aliphatic carbocycles.